The van der Waals surface area contributed by atoms with Crippen LogP contribution in [0.1, 0.15) is 25.6 Å². The summed E-state index contributed by atoms with van der Waals surface area (Å²) in [6.07, 6.45) is 4.64. The van der Waals surface area contributed by atoms with E-state index < -0.39 is 0 Å². The van der Waals surface area contributed by atoms with Gasteiger partial charge in [-0.3, -0.25) is 0 Å². The smallest absolute Gasteiger partial charge is 0.183 e. The average molecular weight is 191 g/mol. The molecular weight excluding hydrogens is 178 g/mol. The topological polar surface area (TPSA) is 80.5 Å². The molecule has 0 aromatic carbocycles. The highest BCUT2D eigenvalue weighted by atomic mass is 15.0. The number of hydrogen-bond acceptors (Lipinski definition) is 4. The second-order valence-corrected chi connectivity index (χ2v) is 3.24. The maximum atomic E-state index is 5.68. The number of fused-ring (bicyclic) bond motifs is 1. The van der Waals surface area contributed by atoms with Gasteiger partial charge in [0.05, 0.1) is 0 Å². The van der Waals surface area contributed by atoms with Crippen molar-refractivity contribution in [3.05, 3.63) is 12.2 Å². The Labute approximate surface area is 81.8 Å². The first kappa shape index (κ1) is 8.93. The fourth-order valence-corrected chi connectivity index (χ4v) is 1.36. The molecule has 0 saturated heterocycles. The first-order chi connectivity index (χ1) is 6.81. The van der Waals surface area contributed by atoms with Crippen LogP contribution in [0, 0.1) is 0 Å². The van der Waals surface area contributed by atoms with Crippen molar-refractivity contribution in [1.82, 2.24) is 19.9 Å². The lowest BCUT2D eigenvalue weighted by molar-refractivity contribution is 0.764. The van der Waals surface area contributed by atoms with E-state index in [2.05, 4.69) is 26.9 Å². The largest absolute Gasteiger partial charge is 0.382 e. The Hall–Kier alpha value is -1.65. The number of unbranched alkanes of at least 4 members (excludes halogenated alkanes) is 1. The molecule has 2 aromatic rings. The van der Waals surface area contributed by atoms with Gasteiger partial charge >= 0.3 is 0 Å². The molecule has 0 aliphatic carbocycles. The Morgan fingerprint density at radius 1 is 1.43 bits per heavy atom. The number of H-pyrrole nitrogens is 1. The molecule has 0 amide bonds. The van der Waals surface area contributed by atoms with Crippen LogP contribution in [0.5, 0.6) is 0 Å². The number of nitrogens with two attached hydrogens (primary N) is 1. The fourth-order valence-electron chi connectivity index (χ4n) is 1.36. The lowest BCUT2D eigenvalue weighted by atomic mass is 10.2. The Bertz CT molecular complexity index is 434. The first-order valence-corrected chi connectivity index (χ1v) is 4.76. The fraction of sp³-hybridized carbons (Fsp3) is 0.444. The van der Waals surface area contributed by atoms with E-state index in [1.165, 1.54) is 6.33 Å². The van der Waals surface area contributed by atoms with Crippen LogP contribution >= 0.6 is 0 Å². The summed E-state index contributed by atoms with van der Waals surface area (Å²) < 4.78 is 0. The molecule has 2 heterocycles. The van der Waals surface area contributed by atoms with E-state index in [1.54, 1.807) is 0 Å². The van der Waals surface area contributed by atoms with Gasteiger partial charge in [0.25, 0.3) is 0 Å². The maximum absolute atomic E-state index is 5.68. The highest BCUT2D eigenvalue weighted by Crippen LogP contribution is 2.14. The molecule has 0 aliphatic heterocycles. The van der Waals surface area contributed by atoms with Gasteiger partial charge in [-0.15, -0.1) is 0 Å². The van der Waals surface area contributed by atoms with Crippen molar-refractivity contribution in [2.75, 3.05) is 5.73 Å². The third kappa shape index (κ3) is 1.53. The molecule has 0 saturated carbocycles. The van der Waals surface area contributed by atoms with Gasteiger partial charge in [-0.05, 0) is 6.42 Å². The SMILES string of the molecule is CCCCc1nc2ncnc(N)c2[nH]1. The van der Waals surface area contributed by atoms with Crippen molar-refractivity contribution < 1.29 is 0 Å². The van der Waals surface area contributed by atoms with Crippen LogP contribution in [0.15, 0.2) is 6.33 Å². The first-order valence-electron chi connectivity index (χ1n) is 4.76. The molecule has 0 fully saturated rings. The molecule has 0 unspecified atom stereocenters. The molecule has 3 N–H and O–H groups in total. The molecule has 74 valence electrons. The maximum Gasteiger partial charge on any atom is 0.183 e. The van der Waals surface area contributed by atoms with Crippen molar-refractivity contribution >= 4 is 17.0 Å². The molecule has 5 heteroatoms. The lowest BCUT2D eigenvalue weighted by Crippen LogP contribution is -1.92. The van der Waals surface area contributed by atoms with Crippen molar-refractivity contribution in [2.24, 2.45) is 0 Å². The van der Waals surface area contributed by atoms with Crippen LogP contribution in [-0.4, -0.2) is 19.9 Å². The van der Waals surface area contributed by atoms with Crippen LogP contribution < -0.4 is 5.73 Å². The number of aryl methyl sites for hydroxylation is 1. The molecule has 2 rings (SSSR count). The van der Waals surface area contributed by atoms with Gasteiger partial charge in [0.15, 0.2) is 11.5 Å². The minimum absolute atomic E-state index is 0.463. The van der Waals surface area contributed by atoms with Crippen LogP contribution in [0.3, 0.4) is 0 Å². The standard InChI is InChI=1S/C9H13N5/c1-2-3-4-6-13-7-8(10)11-5-12-9(7)14-6/h5H,2-4H2,1H3,(H3,10,11,12,13,14). The third-order valence-electron chi connectivity index (χ3n) is 2.13. The summed E-state index contributed by atoms with van der Waals surface area (Å²) in [5, 5.41) is 0. The summed E-state index contributed by atoms with van der Waals surface area (Å²) in [6.45, 7) is 2.15. The van der Waals surface area contributed by atoms with Crippen molar-refractivity contribution in [3.8, 4) is 0 Å². The number of hydrogen-bond donors (Lipinski definition) is 2. The average Bonchev–Trinajstić information content (AvgIpc) is 2.59. The number of aromatic nitrogens is 4. The Morgan fingerprint density at radius 2 is 2.29 bits per heavy atom. The quantitative estimate of drug-likeness (QED) is 0.765. The molecular formula is C9H13N5. The number of anilines is 1. The van der Waals surface area contributed by atoms with Crippen LogP contribution in [0.2, 0.25) is 0 Å². The van der Waals surface area contributed by atoms with Gasteiger partial charge in [0.1, 0.15) is 17.7 Å². The van der Waals surface area contributed by atoms with Gasteiger partial charge in [0.2, 0.25) is 0 Å². The van der Waals surface area contributed by atoms with Crippen molar-refractivity contribution in [2.45, 2.75) is 26.2 Å². The van der Waals surface area contributed by atoms with E-state index >= 15 is 0 Å². The summed E-state index contributed by atoms with van der Waals surface area (Å²) in [5.74, 6) is 1.40. The molecule has 0 aliphatic rings. The monoisotopic (exact) mass is 191 g/mol. The highest BCUT2D eigenvalue weighted by Gasteiger charge is 2.06. The van der Waals surface area contributed by atoms with E-state index in [0.29, 0.717) is 11.5 Å². The molecule has 0 bridgehead atoms. The summed E-state index contributed by atoms with van der Waals surface area (Å²) in [6, 6.07) is 0. The minimum atomic E-state index is 0.463. The molecule has 0 atom stereocenters. The van der Waals surface area contributed by atoms with Gasteiger partial charge < -0.3 is 10.7 Å². The van der Waals surface area contributed by atoms with Crippen LogP contribution in [0.25, 0.3) is 11.2 Å². The van der Waals surface area contributed by atoms with E-state index in [-0.39, 0.29) is 0 Å². The number of nitrogen functional groups attached to an aromatic ring is 1. The molecule has 0 spiro atoms. The van der Waals surface area contributed by atoms with Gasteiger partial charge in [-0.1, -0.05) is 13.3 Å². The number of nitrogens with one attached hydrogen (secondary N) is 1. The van der Waals surface area contributed by atoms with Crippen molar-refractivity contribution in [1.29, 1.82) is 0 Å². The predicted octanol–water partition coefficient (Wildman–Crippen LogP) is 1.28. The number of nitrogens with zero attached hydrogens (tertiary/aromatic N) is 3. The number of imidazole rings is 1. The van der Waals surface area contributed by atoms with E-state index in [9.17, 15) is 0 Å². The Kier molecular flexibility index (Phi) is 2.30. The van der Waals surface area contributed by atoms with E-state index in [0.717, 1.165) is 30.6 Å². The molecule has 0 radical (unpaired) electrons. The number of rotatable bonds is 3. The summed E-state index contributed by atoms with van der Waals surface area (Å²) in [4.78, 5) is 15.4. The molecule has 14 heavy (non-hydrogen) atoms. The van der Waals surface area contributed by atoms with Gasteiger partial charge in [-0.25, -0.2) is 15.0 Å². The highest BCUT2D eigenvalue weighted by molar-refractivity contribution is 5.80. The molecule has 2 aromatic heterocycles. The summed E-state index contributed by atoms with van der Waals surface area (Å²) >= 11 is 0. The molecule has 5 nitrogen and oxygen atoms in total. The van der Waals surface area contributed by atoms with E-state index in [4.69, 9.17) is 5.73 Å². The van der Waals surface area contributed by atoms with Gasteiger partial charge in [-0.2, -0.15) is 0 Å². The predicted molar refractivity (Wildman–Crippen MR) is 54.7 cm³/mol. The lowest BCUT2D eigenvalue weighted by Gasteiger charge is -1.91. The third-order valence-corrected chi connectivity index (χ3v) is 2.13. The minimum Gasteiger partial charge on any atom is -0.382 e. The zero-order chi connectivity index (χ0) is 9.97. The summed E-state index contributed by atoms with van der Waals surface area (Å²) in [7, 11) is 0. The van der Waals surface area contributed by atoms with Gasteiger partial charge in [0, 0.05) is 6.42 Å². The van der Waals surface area contributed by atoms with Crippen LogP contribution in [-0.2, 0) is 6.42 Å². The van der Waals surface area contributed by atoms with Crippen molar-refractivity contribution in [3.63, 3.8) is 0 Å². The van der Waals surface area contributed by atoms with E-state index in [1.807, 2.05) is 0 Å². The Balaban J connectivity index is 2.36. The zero-order valence-electron chi connectivity index (χ0n) is 8.12. The summed E-state index contributed by atoms with van der Waals surface area (Å²) in [5.41, 5.74) is 7.08. The second-order valence-electron chi connectivity index (χ2n) is 3.24. The second kappa shape index (κ2) is 3.61. The Morgan fingerprint density at radius 3 is 3.00 bits per heavy atom. The zero-order valence-corrected chi connectivity index (χ0v) is 8.12. The van der Waals surface area contributed by atoms with Crippen LogP contribution in [0.4, 0.5) is 5.82 Å². The normalized spacial score (nSPS) is 10.9. The number of aromatic amines is 1.